The molecular weight excluding hydrogens is 263 g/mol. The van der Waals surface area contributed by atoms with Crippen molar-refractivity contribution in [2.75, 3.05) is 19.6 Å². The van der Waals surface area contributed by atoms with E-state index in [9.17, 15) is 4.39 Å². The third kappa shape index (κ3) is 3.00. The quantitative estimate of drug-likeness (QED) is 0.837. The molecule has 21 heavy (non-hydrogen) atoms. The van der Waals surface area contributed by atoms with E-state index < -0.39 is 0 Å². The molecule has 0 aromatic heterocycles. The Hall–Kier alpha value is -0.930. The van der Waals surface area contributed by atoms with Crippen LogP contribution in [0.15, 0.2) is 24.3 Å². The molecule has 1 aromatic rings. The predicted molar refractivity (Wildman–Crippen MR) is 84.7 cm³/mol. The summed E-state index contributed by atoms with van der Waals surface area (Å²) in [5.74, 6) is 0.501. The van der Waals surface area contributed by atoms with Gasteiger partial charge in [-0.1, -0.05) is 26.0 Å². The summed E-state index contributed by atoms with van der Waals surface area (Å²) in [6.45, 7) is 10.5. The fraction of sp³-hybridized carbons (Fsp3) is 0.667. The van der Waals surface area contributed by atoms with E-state index in [2.05, 4.69) is 30.6 Å². The second-order valence-electron chi connectivity index (χ2n) is 7.03. The maximum absolute atomic E-state index is 13.2. The van der Waals surface area contributed by atoms with E-state index in [0.717, 1.165) is 12.6 Å². The van der Waals surface area contributed by atoms with Crippen LogP contribution >= 0.6 is 0 Å². The number of fused-ring (bicyclic) bond motifs is 1. The fourth-order valence-corrected chi connectivity index (χ4v) is 4.04. The van der Waals surface area contributed by atoms with Crippen LogP contribution in [0.5, 0.6) is 0 Å². The third-order valence-corrected chi connectivity index (χ3v) is 5.39. The summed E-state index contributed by atoms with van der Waals surface area (Å²) in [4.78, 5) is 5.34. The molecule has 2 saturated heterocycles. The lowest BCUT2D eigenvalue weighted by Gasteiger charge is -2.48. The molecule has 0 N–H and O–H groups in total. The van der Waals surface area contributed by atoms with Crippen LogP contribution in [0, 0.1) is 11.7 Å². The number of rotatable bonds is 3. The molecule has 0 amide bonds. The van der Waals surface area contributed by atoms with Crippen molar-refractivity contribution in [2.24, 2.45) is 5.92 Å². The molecule has 0 saturated carbocycles. The standard InChI is InChI=1S/C18H27FN2/c1-13(2)18-12-20-10-4-5-17(20)11-21(18)14(3)15-6-8-16(19)9-7-15/h6-9,13-14,17-18H,4-5,10-12H2,1-3H3. The molecule has 0 bridgehead atoms. The normalized spacial score (nSPS) is 28.8. The highest BCUT2D eigenvalue weighted by Gasteiger charge is 2.39. The summed E-state index contributed by atoms with van der Waals surface area (Å²) in [6.07, 6.45) is 2.67. The van der Waals surface area contributed by atoms with E-state index in [-0.39, 0.29) is 5.82 Å². The largest absolute Gasteiger partial charge is 0.298 e. The number of hydrogen-bond donors (Lipinski definition) is 0. The van der Waals surface area contributed by atoms with E-state index in [1.807, 2.05) is 12.1 Å². The minimum Gasteiger partial charge on any atom is -0.298 e. The molecule has 2 aliphatic rings. The Morgan fingerprint density at radius 2 is 1.81 bits per heavy atom. The topological polar surface area (TPSA) is 6.48 Å². The second kappa shape index (κ2) is 6.05. The van der Waals surface area contributed by atoms with E-state index in [0.29, 0.717) is 18.0 Å². The summed E-state index contributed by atoms with van der Waals surface area (Å²) >= 11 is 0. The van der Waals surface area contributed by atoms with Gasteiger partial charge in [-0.25, -0.2) is 4.39 Å². The van der Waals surface area contributed by atoms with E-state index >= 15 is 0 Å². The van der Waals surface area contributed by atoms with Crippen LogP contribution in [0.25, 0.3) is 0 Å². The summed E-state index contributed by atoms with van der Waals surface area (Å²) < 4.78 is 13.2. The van der Waals surface area contributed by atoms with Gasteiger partial charge in [-0.3, -0.25) is 9.80 Å². The first-order valence-corrected chi connectivity index (χ1v) is 8.31. The minimum absolute atomic E-state index is 0.146. The van der Waals surface area contributed by atoms with Crippen molar-refractivity contribution in [3.8, 4) is 0 Å². The van der Waals surface area contributed by atoms with Crippen molar-refractivity contribution < 1.29 is 4.39 Å². The lowest BCUT2D eigenvalue weighted by atomic mass is 9.93. The van der Waals surface area contributed by atoms with Crippen LogP contribution in [0.2, 0.25) is 0 Å². The molecule has 3 unspecified atom stereocenters. The van der Waals surface area contributed by atoms with Crippen molar-refractivity contribution in [1.82, 2.24) is 9.80 Å². The molecule has 2 heterocycles. The second-order valence-corrected chi connectivity index (χ2v) is 7.03. The zero-order chi connectivity index (χ0) is 15.0. The zero-order valence-electron chi connectivity index (χ0n) is 13.4. The molecule has 2 aliphatic heterocycles. The lowest BCUT2D eigenvalue weighted by molar-refractivity contribution is 0.00403. The highest BCUT2D eigenvalue weighted by atomic mass is 19.1. The minimum atomic E-state index is -0.146. The van der Waals surface area contributed by atoms with Crippen LogP contribution in [-0.4, -0.2) is 41.5 Å². The van der Waals surface area contributed by atoms with Gasteiger partial charge < -0.3 is 0 Å². The van der Waals surface area contributed by atoms with Gasteiger partial charge in [-0.2, -0.15) is 0 Å². The summed E-state index contributed by atoms with van der Waals surface area (Å²) in [6, 6.07) is 8.74. The molecular formula is C18H27FN2. The first-order chi connectivity index (χ1) is 10.1. The van der Waals surface area contributed by atoms with Crippen LogP contribution in [-0.2, 0) is 0 Å². The number of piperazine rings is 1. The van der Waals surface area contributed by atoms with Crippen molar-refractivity contribution in [2.45, 2.75) is 51.7 Å². The van der Waals surface area contributed by atoms with E-state index in [4.69, 9.17) is 0 Å². The molecule has 3 atom stereocenters. The monoisotopic (exact) mass is 290 g/mol. The molecule has 3 rings (SSSR count). The van der Waals surface area contributed by atoms with Crippen molar-refractivity contribution in [3.05, 3.63) is 35.6 Å². The van der Waals surface area contributed by atoms with Gasteiger partial charge in [0.2, 0.25) is 0 Å². The fourth-order valence-electron chi connectivity index (χ4n) is 4.04. The molecule has 2 fully saturated rings. The number of benzene rings is 1. The highest BCUT2D eigenvalue weighted by molar-refractivity contribution is 5.20. The van der Waals surface area contributed by atoms with Gasteiger partial charge in [0.15, 0.2) is 0 Å². The maximum Gasteiger partial charge on any atom is 0.123 e. The summed E-state index contributed by atoms with van der Waals surface area (Å²) in [5, 5.41) is 0. The Bertz CT molecular complexity index is 471. The smallest absolute Gasteiger partial charge is 0.123 e. The number of nitrogens with zero attached hydrogens (tertiary/aromatic N) is 2. The van der Waals surface area contributed by atoms with Crippen LogP contribution in [0.3, 0.4) is 0 Å². The highest BCUT2D eigenvalue weighted by Crippen LogP contribution is 2.33. The Kier molecular flexibility index (Phi) is 4.32. The Balaban J connectivity index is 1.81. The van der Waals surface area contributed by atoms with Gasteiger partial charge in [0.25, 0.3) is 0 Å². The first kappa shape index (κ1) is 15.0. The van der Waals surface area contributed by atoms with Gasteiger partial charge in [-0.05, 0) is 49.9 Å². The number of hydrogen-bond acceptors (Lipinski definition) is 2. The van der Waals surface area contributed by atoms with Gasteiger partial charge in [0, 0.05) is 31.2 Å². The van der Waals surface area contributed by atoms with Gasteiger partial charge >= 0.3 is 0 Å². The molecule has 0 spiro atoms. The predicted octanol–water partition coefficient (Wildman–Crippen LogP) is 3.69. The average Bonchev–Trinajstić information content (AvgIpc) is 2.93. The van der Waals surface area contributed by atoms with Gasteiger partial charge in [-0.15, -0.1) is 0 Å². The Morgan fingerprint density at radius 3 is 2.48 bits per heavy atom. The summed E-state index contributed by atoms with van der Waals surface area (Å²) in [5.41, 5.74) is 1.23. The molecule has 116 valence electrons. The maximum atomic E-state index is 13.2. The van der Waals surface area contributed by atoms with Crippen molar-refractivity contribution >= 4 is 0 Å². The molecule has 0 aliphatic carbocycles. The lowest BCUT2D eigenvalue weighted by Crippen LogP contribution is -2.58. The van der Waals surface area contributed by atoms with Crippen LogP contribution in [0.4, 0.5) is 4.39 Å². The van der Waals surface area contributed by atoms with Crippen molar-refractivity contribution in [1.29, 1.82) is 0 Å². The molecule has 1 aromatic carbocycles. The zero-order valence-corrected chi connectivity index (χ0v) is 13.4. The Morgan fingerprint density at radius 1 is 1.10 bits per heavy atom. The first-order valence-electron chi connectivity index (χ1n) is 8.31. The van der Waals surface area contributed by atoms with E-state index in [1.165, 1.54) is 31.5 Å². The SMILES string of the molecule is CC(C)C1CN2CCCC2CN1C(C)c1ccc(F)cc1. The average molecular weight is 290 g/mol. The van der Waals surface area contributed by atoms with Crippen LogP contribution in [0.1, 0.15) is 45.2 Å². The molecule has 2 nitrogen and oxygen atoms in total. The van der Waals surface area contributed by atoms with Crippen LogP contribution < -0.4 is 0 Å². The summed E-state index contributed by atoms with van der Waals surface area (Å²) in [7, 11) is 0. The van der Waals surface area contributed by atoms with Gasteiger partial charge in [0.1, 0.15) is 5.82 Å². The van der Waals surface area contributed by atoms with E-state index in [1.54, 1.807) is 12.1 Å². The van der Waals surface area contributed by atoms with Crippen molar-refractivity contribution in [3.63, 3.8) is 0 Å². The molecule has 0 radical (unpaired) electrons. The number of halogens is 1. The van der Waals surface area contributed by atoms with Gasteiger partial charge in [0.05, 0.1) is 0 Å². The molecule has 3 heteroatoms. The third-order valence-electron chi connectivity index (χ3n) is 5.39. The Labute approximate surface area is 127 Å².